The van der Waals surface area contributed by atoms with Gasteiger partial charge in [-0.25, -0.2) is 4.98 Å². The van der Waals surface area contributed by atoms with E-state index in [2.05, 4.69) is 39.4 Å². The van der Waals surface area contributed by atoms with Gasteiger partial charge in [-0.15, -0.1) is 11.3 Å². The third-order valence-corrected chi connectivity index (χ3v) is 5.71. The number of aromatic nitrogens is 1. The lowest BCUT2D eigenvalue weighted by molar-refractivity contribution is 0.103. The van der Waals surface area contributed by atoms with Gasteiger partial charge in [0, 0.05) is 25.0 Å². The maximum absolute atomic E-state index is 5.77. The molecule has 0 bridgehead atoms. The fourth-order valence-corrected chi connectivity index (χ4v) is 3.92. The van der Waals surface area contributed by atoms with Gasteiger partial charge in [-0.1, -0.05) is 24.3 Å². The highest BCUT2D eigenvalue weighted by Crippen LogP contribution is 2.27. The summed E-state index contributed by atoms with van der Waals surface area (Å²) in [6.45, 7) is 3.56. The van der Waals surface area contributed by atoms with Crippen molar-refractivity contribution in [3.05, 3.63) is 70.7 Å². The summed E-state index contributed by atoms with van der Waals surface area (Å²) >= 11 is 1.64. The number of hydrogen-bond acceptors (Lipinski definition) is 7. The molecule has 31 heavy (non-hydrogen) atoms. The van der Waals surface area contributed by atoms with Crippen molar-refractivity contribution in [2.45, 2.75) is 19.7 Å². The zero-order chi connectivity index (χ0) is 22.1. The predicted octanol–water partition coefficient (Wildman–Crippen LogP) is 4.45. The van der Waals surface area contributed by atoms with Gasteiger partial charge in [0.1, 0.15) is 11.5 Å². The van der Waals surface area contributed by atoms with Gasteiger partial charge in [-0.2, -0.15) is 0 Å². The third-order valence-electron chi connectivity index (χ3n) is 4.76. The van der Waals surface area contributed by atoms with Crippen LogP contribution in [0.5, 0.6) is 11.5 Å². The van der Waals surface area contributed by atoms with Crippen LogP contribution < -0.4 is 14.4 Å². The Hall–Kier alpha value is -2.61. The van der Waals surface area contributed by atoms with Crippen molar-refractivity contribution >= 4 is 16.5 Å². The molecule has 1 aromatic heterocycles. The van der Waals surface area contributed by atoms with Crippen molar-refractivity contribution in [2.24, 2.45) is 0 Å². The summed E-state index contributed by atoms with van der Waals surface area (Å²) in [4.78, 5) is 9.23. The quantitative estimate of drug-likeness (QED) is 0.387. The molecule has 0 aliphatic heterocycles. The molecule has 0 amide bonds. The molecule has 0 radical (unpaired) electrons. The molecule has 3 aromatic rings. The number of methoxy groups -OCH3 is 2. The van der Waals surface area contributed by atoms with Gasteiger partial charge in [0.15, 0.2) is 5.13 Å². The van der Waals surface area contributed by atoms with E-state index < -0.39 is 0 Å². The number of hydrogen-bond donors (Lipinski definition) is 0. The van der Waals surface area contributed by atoms with Gasteiger partial charge >= 0.3 is 0 Å². The minimum absolute atomic E-state index is 0.524. The molecule has 0 unspecified atom stereocenters. The van der Waals surface area contributed by atoms with E-state index in [9.17, 15) is 0 Å². The molecular formula is C24H31N3O3S. The highest BCUT2D eigenvalue weighted by molar-refractivity contribution is 7.13. The van der Waals surface area contributed by atoms with Crippen LogP contribution in [0.25, 0.3) is 0 Å². The molecule has 0 atom stereocenters. The molecule has 0 fully saturated rings. The molecule has 0 N–H and O–H groups in total. The Morgan fingerprint density at radius 2 is 1.52 bits per heavy atom. The Bertz CT molecular complexity index is 896. The van der Waals surface area contributed by atoms with Crippen LogP contribution in [0.1, 0.15) is 16.8 Å². The second-order valence-corrected chi connectivity index (χ2v) is 8.37. The van der Waals surface area contributed by atoms with E-state index in [4.69, 9.17) is 19.2 Å². The van der Waals surface area contributed by atoms with Gasteiger partial charge in [0.2, 0.25) is 0 Å². The van der Waals surface area contributed by atoms with Crippen molar-refractivity contribution in [1.82, 2.24) is 9.88 Å². The van der Waals surface area contributed by atoms with Crippen LogP contribution in [0.4, 0.5) is 5.13 Å². The highest BCUT2D eigenvalue weighted by atomic mass is 32.1. The number of thiazole rings is 1. The highest BCUT2D eigenvalue weighted by Gasteiger charge is 2.14. The van der Waals surface area contributed by atoms with Crippen molar-refractivity contribution in [1.29, 1.82) is 0 Å². The van der Waals surface area contributed by atoms with Gasteiger partial charge in [0.25, 0.3) is 0 Å². The Kier molecular flexibility index (Phi) is 8.70. The maximum Gasteiger partial charge on any atom is 0.186 e. The molecule has 2 aromatic carbocycles. The average molecular weight is 442 g/mol. The van der Waals surface area contributed by atoms with Crippen LogP contribution in [-0.2, 0) is 24.4 Å². The van der Waals surface area contributed by atoms with E-state index in [1.807, 2.05) is 38.4 Å². The summed E-state index contributed by atoms with van der Waals surface area (Å²) in [5, 5.41) is 3.05. The molecule has 0 saturated carbocycles. The molecule has 3 rings (SSSR count). The van der Waals surface area contributed by atoms with Crippen LogP contribution in [0.15, 0.2) is 53.9 Å². The van der Waals surface area contributed by atoms with E-state index in [-0.39, 0.29) is 0 Å². The van der Waals surface area contributed by atoms with Gasteiger partial charge in [-0.3, -0.25) is 0 Å². The lowest BCUT2D eigenvalue weighted by atomic mass is 10.1. The zero-order valence-electron chi connectivity index (χ0n) is 18.7. The standard InChI is InChI=1S/C24H31N3O3S/c1-26(2)11-12-30-17-21-18-31-24(25-21)27(15-19-7-5-9-22(13-19)28-3)16-20-8-6-10-23(14-20)29-4/h5-10,13-14,18H,11-12,15-17H2,1-4H3. The lowest BCUT2D eigenvalue weighted by Gasteiger charge is -2.23. The number of nitrogens with zero attached hydrogens (tertiary/aromatic N) is 3. The third kappa shape index (κ3) is 7.24. The Morgan fingerprint density at radius 3 is 2.06 bits per heavy atom. The topological polar surface area (TPSA) is 47.1 Å². The molecule has 1 heterocycles. The van der Waals surface area contributed by atoms with E-state index >= 15 is 0 Å². The number of ether oxygens (including phenoxy) is 3. The largest absolute Gasteiger partial charge is 0.497 e. The normalized spacial score (nSPS) is 11.0. The first-order valence-electron chi connectivity index (χ1n) is 10.2. The predicted molar refractivity (Wildman–Crippen MR) is 126 cm³/mol. The molecule has 0 aliphatic rings. The number of benzene rings is 2. The number of likely N-dealkylation sites (N-methyl/N-ethyl adjacent to an activating group) is 1. The minimum Gasteiger partial charge on any atom is -0.497 e. The fraction of sp³-hybridized carbons (Fsp3) is 0.375. The molecule has 6 nitrogen and oxygen atoms in total. The summed E-state index contributed by atoms with van der Waals surface area (Å²) in [7, 11) is 7.46. The van der Waals surface area contributed by atoms with E-state index in [0.717, 1.165) is 42.0 Å². The average Bonchev–Trinajstić information content (AvgIpc) is 3.25. The summed E-state index contributed by atoms with van der Waals surface area (Å²) < 4.78 is 16.6. The first-order chi connectivity index (χ1) is 15.1. The monoisotopic (exact) mass is 441 g/mol. The second-order valence-electron chi connectivity index (χ2n) is 7.54. The number of anilines is 1. The van der Waals surface area contributed by atoms with Gasteiger partial charge < -0.3 is 24.0 Å². The zero-order valence-corrected chi connectivity index (χ0v) is 19.5. The molecule has 0 saturated heterocycles. The van der Waals surface area contributed by atoms with Crippen LogP contribution in [0.3, 0.4) is 0 Å². The van der Waals surface area contributed by atoms with Gasteiger partial charge in [0.05, 0.1) is 33.1 Å². The minimum atomic E-state index is 0.524. The Balaban J connectivity index is 1.76. The maximum atomic E-state index is 5.77. The summed E-state index contributed by atoms with van der Waals surface area (Å²) in [5.74, 6) is 1.71. The van der Waals surface area contributed by atoms with E-state index in [0.29, 0.717) is 13.2 Å². The first kappa shape index (κ1) is 23.1. The van der Waals surface area contributed by atoms with Crippen LogP contribution >= 0.6 is 11.3 Å². The van der Waals surface area contributed by atoms with Crippen molar-refractivity contribution in [3.63, 3.8) is 0 Å². The summed E-state index contributed by atoms with van der Waals surface area (Å²) in [5.41, 5.74) is 3.29. The second kappa shape index (κ2) is 11.7. The smallest absolute Gasteiger partial charge is 0.186 e. The SMILES string of the molecule is COc1cccc(CN(Cc2cccc(OC)c2)c2nc(COCCN(C)C)cs2)c1. The molecule has 0 aliphatic carbocycles. The Morgan fingerprint density at radius 1 is 0.903 bits per heavy atom. The van der Waals surface area contributed by atoms with E-state index in [1.165, 1.54) is 11.1 Å². The van der Waals surface area contributed by atoms with Crippen LogP contribution in [0.2, 0.25) is 0 Å². The van der Waals surface area contributed by atoms with Crippen molar-refractivity contribution in [2.75, 3.05) is 46.4 Å². The van der Waals surface area contributed by atoms with E-state index in [1.54, 1.807) is 25.6 Å². The fourth-order valence-electron chi connectivity index (χ4n) is 3.11. The van der Waals surface area contributed by atoms with Gasteiger partial charge in [-0.05, 0) is 49.5 Å². The van der Waals surface area contributed by atoms with Crippen molar-refractivity contribution < 1.29 is 14.2 Å². The molecular weight excluding hydrogens is 410 g/mol. The van der Waals surface area contributed by atoms with Crippen molar-refractivity contribution in [3.8, 4) is 11.5 Å². The van der Waals surface area contributed by atoms with Crippen LogP contribution in [0, 0.1) is 0 Å². The number of rotatable bonds is 12. The van der Waals surface area contributed by atoms with Crippen LogP contribution in [-0.4, -0.2) is 51.4 Å². The first-order valence-corrected chi connectivity index (χ1v) is 11.1. The Labute approximate surface area is 189 Å². The summed E-state index contributed by atoms with van der Waals surface area (Å²) in [6.07, 6.45) is 0. The summed E-state index contributed by atoms with van der Waals surface area (Å²) in [6, 6.07) is 16.3. The lowest BCUT2D eigenvalue weighted by Crippen LogP contribution is -2.22. The molecule has 166 valence electrons. The molecule has 0 spiro atoms. The molecule has 7 heteroatoms.